The second-order valence-corrected chi connectivity index (χ2v) is 2.86. The summed E-state index contributed by atoms with van der Waals surface area (Å²) in [6.07, 6.45) is -6.67. The molecule has 1 fully saturated rings. The van der Waals surface area contributed by atoms with Crippen molar-refractivity contribution in [1.29, 1.82) is 0 Å². The summed E-state index contributed by atoms with van der Waals surface area (Å²) >= 11 is 0. The van der Waals surface area contributed by atoms with E-state index in [2.05, 4.69) is 4.74 Å². The average Bonchev–Trinajstić information content (AvgIpc) is 1.99. The van der Waals surface area contributed by atoms with Crippen molar-refractivity contribution < 1.29 is 29.6 Å². The molecule has 5 atom stereocenters. The summed E-state index contributed by atoms with van der Waals surface area (Å²) in [4.78, 5) is 0. The molecule has 1 aliphatic rings. The van der Waals surface area contributed by atoms with Gasteiger partial charge in [-0.3, -0.25) is 0 Å². The molecule has 0 aliphatic carbocycles. The van der Waals surface area contributed by atoms with Gasteiger partial charge in [0.25, 0.3) is 5.85 Å². The highest BCUT2D eigenvalue weighted by Crippen LogP contribution is 2.29. The molecule has 0 aromatic heterocycles. The molecule has 1 unspecified atom stereocenters. The molecule has 5 nitrogen and oxygen atoms in total. The molecule has 12 heavy (non-hydrogen) atoms. The van der Waals surface area contributed by atoms with E-state index in [-0.39, 0.29) is 0 Å². The van der Waals surface area contributed by atoms with Gasteiger partial charge in [0.2, 0.25) is 6.29 Å². The largest absolute Gasteiger partial charge is 0.387 e. The lowest BCUT2D eigenvalue weighted by molar-refractivity contribution is -0.365. The lowest BCUT2D eigenvalue weighted by Gasteiger charge is -2.40. The van der Waals surface area contributed by atoms with E-state index in [9.17, 15) is 4.39 Å². The first kappa shape index (κ1) is 9.82. The van der Waals surface area contributed by atoms with Gasteiger partial charge in [0, 0.05) is 0 Å². The van der Waals surface area contributed by atoms with Gasteiger partial charge in [-0.1, -0.05) is 0 Å². The van der Waals surface area contributed by atoms with Crippen molar-refractivity contribution in [3.05, 3.63) is 0 Å². The molecule has 0 spiro atoms. The van der Waals surface area contributed by atoms with Crippen molar-refractivity contribution in [2.24, 2.45) is 0 Å². The van der Waals surface area contributed by atoms with Crippen LogP contribution >= 0.6 is 0 Å². The lowest BCUT2D eigenvalue weighted by Crippen LogP contribution is -2.63. The predicted octanol–water partition coefficient (Wildman–Crippen LogP) is -1.90. The summed E-state index contributed by atoms with van der Waals surface area (Å²) < 4.78 is 17.3. The third-order valence-electron chi connectivity index (χ3n) is 1.91. The maximum Gasteiger partial charge on any atom is 0.286 e. The van der Waals surface area contributed by atoms with E-state index in [1.54, 1.807) is 0 Å². The van der Waals surface area contributed by atoms with Crippen molar-refractivity contribution in [3.63, 3.8) is 0 Å². The molecule has 0 saturated carbocycles. The van der Waals surface area contributed by atoms with Gasteiger partial charge in [0.1, 0.15) is 12.2 Å². The van der Waals surface area contributed by atoms with E-state index >= 15 is 0 Å². The molecule has 4 N–H and O–H groups in total. The fourth-order valence-corrected chi connectivity index (χ4v) is 1.02. The van der Waals surface area contributed by atoms with E-state index in [0.29, 0.717) is 0 Å². The van der Waals surface area contributed by atoms with Gasteiger partial charge in [-0.15, -0.1) is 0 Å². The number of alkyl halides is 1. The van der Waals surface area contributed by atoms with Crippen LogP contribution in [0, 0.1) is 0 Å². The molecule has 1 aliphatic heterocycles. The minimum absolute atomic E-state index is 0.925. The van der Waals surface area contributed by atoms with Gasteiger partial charge in [0.05, 0.1) is 6.10 Å². The molecule has 72 valence electrons. The molecule has 0 aromatic carbocycles. The fraction of sp³-hybridized carbons (Fsp3) is 1.00. The van der Waals surface area contributed by atoms with Crippen LogP contribution in [0.2, 0.25) is 0 Å². The van der Waals surface area contributed by atoms with Gasteiger partial charge >= 0.3 is 0 Å². The highest BCUT2D eigenvalue weighted by atomic mass is 19.2. The Balaban J connectivity index is 2.80. The van der Waals surface area contributed by atoms with Gasteiger partial charge < -0.3 is 25.2 Å². The zero-order valence-corrected chi connectivity index (χ0v) is 6.38. The Morgan fingerprint density at radius 2 is 1.83 bits per heavy atom. The first-order valence-electron chi connectivity index (χ1n) is 3.48. The average molecular weight is 182 g/mol. The third-order valence-corrected chi connectivity index (χ3v) is 1.91. The number of hydrogen-bond acceptors (Lipinski definition) is 5. The summed E-state index contributed by atoms with van der Waals surface area (Å²) in [5, 5.41) is 35.5. The summed E-state index contributed by atoms with van der Waals surface area (Å²) in [5.74, 6) is -3.31. The van der Waals surface area contributed by atoms with Gasteiger partial charge in [-0.2, -0.15) is 0 Å². The molecule has 1 heterocycles. The van der Waals surface area contributed by atoms with Crippen molar-refractivity contribution >= 4 is 0 Å². The molecule has 0 amide bonds. The lowest BCUT2D eigenvalue weighted by atomic mass is 9.98. The Morgan fingerprint density at radius 3 is 2.33 bits per heavy atom. The normalized spacial score (nSPS) is 55.5. The van der Waals surface area contributed by atoms with Crippen molar-refractivity contribution in [2.75, 3.05) is 0 Å². The Hall–Kier alpha value is -0.270. The summed E-state index contributed by atoms with van der Waals surface area (Å²) in [6.45, 7) is 1.34. The molecule has 0 radical (unpaired) electrons. The molecule has 0 aromatic rings. The van der Waals surface area contributed by atoms with Crippen LogP contribution in [0.1, 0.15) is 6.92 Å². The van der Waals surface area contributed by atoms with Crippen molar-refractivity contribution in [3.8, 4) is 0 Å². The van der Waals surface area contributed by atoms with E-state index in [1.807, 2.05) is 0 Å². The summed E-state index contributed by atoms with van der Waals surface area (Å²) in [7, 11) is 0. The standard InChI is InChI=1S/C6H11FO5/c1-2-3(8)4(9)6(7,11)5(10)12-2/h2-5,8-11H,1H3/t2?,3-,4-,5-,6+/m0/s1. The Morgan fingerprint density at radius 1 is 1.33 bits per heavy atom. The smallest absolute Gasteiger partial charge is 0.286 e. The Bertz CT molecular complexity index is 173. The highest BCUT2D eigenvalue weighted by Gasteiger charge is 2.54. The van der Waals surface area contributed by atoms with Gasteiger partial charge in [-0.05, 0) is 6.92 Å². The quantitative estimate of drug-likeness (QED) is 0.351. The van der Waals surface area contributed by atoms with E-state index < -0.39 is 30.5 Å². The maximum atomic E-state index is 12.9. The zero-order chi connectivity index (χ0) is 9.52. The number of rotatable bonds is 0. The van der Waals surface area contributed by atoms with Crippen molar-refractivity contribution in [1.82, 2.24) is 0 Å². The van der Waals surface area contributed by atoms with Gasteiger partial charge in [-0.25, -0.2) is 4.39 Å². The first-order chi connectivity index (χ1) is 5.37. The molecule has 0 bridgehead atoms. The monoisotopic (exact) mass is 182 g/mol. The summed E-state index contributed by atoms with van der Waals surface area (Å²) in [6, 6.07) is 0. The van der Waals surface area contributed by atoms with Crippen LogP contribution in [-0.4, -0.2) is 50.9 Å². The number of ether oxygens (including phenoxy) is 1. The minimum Gasteiger partial charge on any atom is -0.387 e. The first-order valence-corrected chi connectivity index (χ1v) is 3.48. The zero-order valence-electron chi connectivity index (χ0n) is 6.38. The molecule has 1 rings (SSSR count). The predicted molar refractivity (Wildman–Crippen MR) is 34.6 cm³/mol. The van der Waals surface area contributed by atoms with Crippen LogP contribution in [0.25, 0.3) is 0 Å². The van der Waals surface area contributed by atoms with E-state index in [4.69, 9.17) is 20.4 Å². The summed E-state index contributed by atoms with van der Waals surface area (Å²) in [5.41, 5.74) is 0. The van der Waals surface area contributed by atoms with Gasteiger partial charge in [0.15, 0.2) is 0 Å². The second kappa shape index (κ2) is 2.90. The van der Waals surface area contributed by atoms with Crippen LogP contribution in [0.4, 0.5) is 4.39 Å². The number of halogens is 1. The minimum atomic E-state index is -3.31. The molecule has 1 saturated heterocycles. The third kappa shape index (κ3) is 1.32. The fourth-order valence-electron chi connectivity index (χ4n) is 1.02. The van der Waals surface area contributed by atoms with Crippen LogP contribution in [-0.2, 0) is 4.74 Å². The second-order valence-electron chi connectivity index (χ2n) is 2.86. The van der Waals surface area contributed by atoms with Crippen molar-refractivity contribution in [2.45, 2.75) is 37.4 Å². The number of hydrogen-bond donors (Lipinski definition) is 4. The van der Waals surface area contributed by atoms with Crippen LogP contribution in [0.5, 0.6) is 0 Å². The number of aliphatic hydroxyl groups excluding tert-OH is 3. The van der Waals surface area contributed by atoms with Crippen LogP contribution in [0.15, 0.2) is 0 Å². The Labute approximate surface area is 68.0 Å². The van der Waals surface area contributed by atoms with Crippen LogP contribution < -0.4 is 0 Å². The van der Waals surface area contributed by atoms with Crippen LogP contribution in [0.3, 0.4) is 0 Å². The number of aliphatic hydroxyl groups is 4. The maximum absolute atomic E-state index is 12.9. The van der Waals surface area contributed by atoms with E-state index in [0.717, 1.165) is 0 Å². The van der Waals surface area contributed by atoms with E-state index in [1.165, 1.54) is 6.92 Å². The molecular weight excluding hydrogens is 171 g/mol. The highest BCUT2D eigenvalue weighted by molar-refractivity contribution is 4.91. The molecular formula is C6H11FO5. The molecule has 6 heteroatoms. The Kier molecular flexibility index (Phi) is 2.37. The SMILES string of the molecule is CC1O[C@H](O)[C@@](O)(F)[C@@H](O)[C@H]1O. The topological polar surface area (TPSA) is 90.2 Å².